The maximum Gasteiger partial charge on any atom is 0.243 e. The van der Waals surface area contributed by atoms with Crippen LogP contribution in [0.3, 0.4) is 0 Å². The van der Waals surface area contributed by atoms with Crippen LogP contribution in [-0.2, 0) is 10.0 Å². The molecule has 0 aliphatic carbocycles. The zero-order valence-electron chi connectivity index (χ0n) is 14.2. The second-order valence-electron chi connectivity index (χ2n) is 6.94. The first-order valence-electron chi connectivity index (χ1n) is 9.01. The van der Waals surface area contributed by atoms with Crippen LogP contribution in [0.25, 0.3) is 0 Å². The Morgan fingerprint density at radius 3 is 2.17 bits per heavy atom. The minimum absolute atomic E-state index is 0.292. The van der Waals surface area contributed by atoms with E-state index in [-0.39, 0.29) is 0 Å². The number of hydrogen-bond acceptors (Lipinski definition) is 4. The number of aliphatic hydroxyl groups is 1. The molecule has 2 saturated heterocycles. The van der Waals surface area contributed by atoms with Crippen molar-refractivity contribution in [1.29, 1.82) is 0 Å². The van der Waals surface area contributed by atoms with E-state index in [4.69, 9.17) is 5.11 Å². The Balaban J connectivity index is 1.53. The van der Waals surface area contributed by atoms with Crippen molar-refractivity contribution in [2.45, 2.75) is 43.0 Å². The Hall–Kier alpha value is -0.950. The molecular weight excluding hydrogens is 324 g/mol. The van der Waals surface area contributed by atoms with Gasteiger partial charge in [-0.3, -0.25) is 0 Å². The van der Waals surface area contributed by atoms with Crippen LogP contribution in [-0.4, -0.2) is 61.6 Å². The van der Waals surface area contributed by atoms with E-state index in [1.807, 2.05) is 6.07 Å². The second kappa shape index (κ2) is 7.95. The Morgan fingerprint density at radius 1 is 0.958 bits per heavy atom. The lowest BCUT2D eigenvalue weighted by Crippen LogP contribution is -2.49. The summed E-state index contributed by atoms with van der Waals surface area (Å²) >= 11 is 0. The van der Waals surface area contributed by atoms with Crippen molar-refractivity contribution < 1.29 is 13.5 Å². The van der Waals surface area contributed by atoms with Gasteiger partial charge in [0.25, 0.3) is 0 Å². The standard InChI is InChI=1S/C18H28N2O3S/c21-15-10-16-6-11-19(12-7-16)17-8-13-20(14-9-17)24(22,23)18-4-2-1-3-5-18/h1-5,16-17,21H,6-15H2. The summed E-state index contributed by atoms with van der Waals surface area (Å²) < 4.78 is 27.0. The number of likely N-dealkylation sites (tertiary alicyclic amines) is 1. The van der Waals surface area contributed by atoms with E-state index in [0.717, 1.165) is 45.2 Å². The van der Waals surface area contributed by atoms with Crippen LogP contribution >= 0.6 is 0 Å². The van der Waals surface area contributed by atoms with Crippen LogP contribution in [0.2, 0.25) is 0 Å². The first-order valence-corrected chi connectivity index (χ1v) is 10.5. The molecule has 2 heterocycles. The molecule has 1 aromatic carbocycles. The predicted molar refractivity (Wildman–Crippen MR) is 94.2 cm³/mol. The molecule has 0 aromatic heterocycles. The van der Waals surface area contributed by atoms with Gasteiger partial charge in [0.05, 0.1) is 4.90 Å². The smallest absolute Gasteiger partial charge is 0.243 e. The maximum atomic E-state index is 12.7. The molecule has 0 saturated carbocycles. The zero-order valence-corrected chi connectivity index (χ0v) is 15.0. The van der Waals surface area contributed by atoms with Crippen molar-refractivity contribution in [1.82, 2.24) is 9.21 Å². The molecule has 0 spiro atoms. The van der Waals surface area contributed by atoms with Gasteiger partial charge >= 0.3 is 0 Å². The summed E-state index contributed by atoms with van der Waals surface area (Å²) in [5.41, 5.74) is 0. The van der Waals surface area contributed by atoms with Gasteiger partial charge < -0.3 is 10.0 Å². The van der Waals surface area contributed by atoms with Gasteiger partial charge in [0.1, 0.15) is 0 Å². The number of benzene rings is 1. The highest BCUT2D eigenvalue weighted by atomic mass is 32.2. The van der Waals surface area contributed by atoms with Crippen LogP contribution in [0.15, 0.2) is 35.2 Å². The average molecular weight is 353 g/mol. The van der Waals surface area contributed by atoms with Gasteiger partial charge in [-0.05, 0) is 63.2 Å². The van der Waals surface area contributed by atoms with Crippen molar-refractivity contribution in [2.75, 3.05) is 32.8 Å². The molecule has 0 bridgehead atoms. The van der Waals surface area contributed by atoms with Crippen molar-refractivity contribution >= 4 is 10.0 Å². The minimum Gasteiger partial charge on any atom is -0.396 e. The number of piperidine rings is 2. The zero-order chi connectivity index (χ0) is 17.0. The van der Waals surface area contributed by atoms with Gasteiger partial charge in [-0.15, -0.1) is 0 Å². The molecule has 0 atom stereocenters. The average Bonchev–Trinajstić information content (AvgIpc) is 2.63. The van der Waals surface area contributed by atoms with Gasteiger partial charge in [-0.2, -0.15) is 4.31 Å². The predicted octanol–water partition coefficient (Wildman–Crippen LogP) is 1.93. The molecule has 0 amide bonds. The first-order chi connectivity index (χ1) is 11.6. The lowest BCUT2D eigenvalue weighted by atomic mass is 9.92. The van der Waals surface area contributed by atoms with Crippen LogP contribution in [0.4, 0.5) is 0 Å². The molecule has 1 N–H and O–H groups in total. The minimum atomic E-state index is -3.35. The monoisotopic (exact) mass is 352 g/mol. The van der Waals surface area contributed by atoms with Crippen LogP contribution in [0, 0.1) is 5.92 Å². The molecule has 0 unspecified atom stereocenters. The Kier molecular flexibility index (Phi) is 5.92. The molecule has 1 aromatic rings. The van der Waals surface area contributed by atoms with Gasteiger partial charge in [0.15, 0.2) is 0 Å². The van der Waals surface area contributed by atoms with E-state index in [9.17, 15) is 8.42 Å². The fourth-order valence-electron chi connectivity index (χ4n) is 3.98. The summed E-state index contributed by atoms with van der Waals surface area (Å²) in [4.78, 5) is 2.92. The molecule has 6 heteroatoms. The SMILES string of the molecule is O=S(=O)(c1ccccc1)N1CCC(N2CCC(CCO)CC2)CC1. The highest BCUT2D eigenvalue weighted by Crippen LogP contribution is 2.27. The molecule has 2 aliphatic rings. The van der Waals surface area contributed by atoms with Gasteiger partial charge in [0, 0.05) is 25.7 Å². The third kappa shape index (κ3) is 3.99. The summed E-state index contributed by atoms with van der Waals surface area (Å²) in [6.07, 6.45) is 5.06. The number of rotatable bonds is 5. The summed E-state index contributed by atoms with van der Waals surface area (Å²) in [5.74, 6) is 0.657. The quantitative estimate of drug-likeness (QED) is 0.880. The van der Waals surface area contributed by atoms with Gasteiger partial charge in [-0.1, -0.05) is 18.2 Å². The molecule has 2 aliphatic heterocycles. The van der Waals surface area contributed by atoms with Gasteiger partial charge in [-0.25, -0.2) is 8.42 Å². The fraction of sp³-hybridized carbons (Fsp3) is 0.667. The molecule has 3 rings (SSSR count). The Morgan fingerprint density at radius 2 is 1.58 bits per heavy atom. The van der Waals surface area contributed by atoms with Crippen LogP contribution < -0.4 is 0 Å². The summed E-state index contributed by atoms with van der Waals surface area (Å²) in [6, 6.07) is 9.24. The third-order valence-corrected chi connectivity index (χ3v) is 7.42. The molecule has 24 heavy (non-hydrogen) atoms. The van der Waals surface area contributed by atoms with E-state index in [1.54, 1.807) is 28.6 Å². The van der Waals surface area contributed by atoms with E-state index < -0.39 is 10.0 Å². The number of nitrogens with zero attached hydrogens (tertiary/aromatic N) is 2. The summed E-state index contributed by atoms with van der Waals surface area (Å²) in [5, 5.41) is 9.06. The third-order valence-electron chi connectivity index (χ3n) is 5.51. The highest BCUT2D eigenvalue weighted by molar-refractivity contribution is 7.89. The van der Waals surface area contributed by atoms with Crippen molar-refractivity contribution in [3.05, 3.63) is 30.3 Å². The number of aliphatic hydroxyl groups excluding tert-OH is 1. The highest BCUT2D eigenvalue weighted by Gasteiger charge is 2.32. The normalized spacial score (nSPS) is 22.7. The molecule has 5 nitrogen and oxygen atoms in total. The Labute approximate surface area is 145 Å². The number of hydrogen-bond donors (Lipinski definition) is 1. The van der Waals surface area contributed by atoms with E-state index in [2.05, 4.69) is 4.90 Å². The van der Waals surface area contributed by atoms with E-state index in [1.165, 1.54) is 0 Å². The van der Waals surface area contributed by atoms with Crippen LogP contribution in [0.5, 0.6) is 0 Å². The molecular formula is C18H28N2O3S. The first kappa shape index (κ1) is 17.9. The molecule has 2 fully saturated rings. The largest absolute Gasteiger partial charge is 0.396 e. The maximum absolute atomic E-state index is 12.7. The van der Waals surface area contributed by atoms with E-state index >= 15 is 0 Å². The van der Waals surface area contributed by atoms with Crippen LogP contribution in [0.1, 0.15) is 32.1 Å². The van der Waals surface area contributed by atoms with E-state index in [0.29, 0.717) is 36.6 Å². The molecule has 0 radical (unpaired) electrons. The fourth-order valence-corrected chi connectivity index (χ4v) is 5.47. The van der Waals surface area contributed by atoms with Crippen molar-refractivity contribution in [2.24, 2.45) is 5.92 Å². The van der Waals surface area contributed by atoms with Gasteiger partial charge in [0.2, 0.25) is 10.0 Å². The summed E-state index contributed by atoms with van der Waals surface area (Å²) in [6.45, 7) is 3.68. The van der Waals surface area contributed by atoms with Crippen molar-refractivity contribution in [3.63, 3.8) is 0 Å². The second-order valence-corrected chi connectivity index (χ2v) is 8.88. The lowest BCUT2D eigenvalue weighted by molar-refractivity contribution is 0.0894. The Bertz CT molecular complexity index is 604. The summed E-state index contributed by atoms with van der Waals surface area (Å²) in [7, 11) is -3.35. The lowest BCUT2D eigenvalue weighted by Gasteiger charge is -2.41. The number of sulfonamides is 1. The van der Waals surface area contributed by atoms with Crippen molar-refractivity contribution in [3.8, 4) is 0 Å². The molecule has 134 valence electrons. The topological polar surface area (TPSA) is 60.9 Å².